The Bertz CT molecular complexity index is 1120. The lowest BCUT2D eigenvalue weighted by Crippen LogP contribution is -2.38. The van der Waals surface area contributed by atoms with Crippen molar-refractivity contribution in [3.05, 3.63) is 83.7 Å². The number of nitrogens with one attached hydrogen (secondary N) is 1. The summed E-state index contributed by atoms with van der Waals surface area (Å²) in [6, 6.07) is 19.9. The van der Waals surface area contributed by atoms with Crippen LogP contribution in [0.1, 0.15) is 28.8 Å². The fourth-order valence-electron chi connectivity index (χ4n) is 4.00. The van der Waals surface area contributed by atoms with Crippen LogP contribution < -0.4 is 16.0 Å². The Hall–Kier alpha value is -3.67. The number of rotatable bonds is 5. The van der Waals surface area contributed by atoms with Gasteiger partial charge in [-0.25, -0.2) is 4.39 Å². The number of amides is 2. The third kappa shape index (κ3) is 4.80. The average molecular weight is 432 g/mol. The van der Waals surface area contributed by atoms with E-state index in [-0.39, 0.29) is 17.4 Å². The van der Waals surface area contributed by atoms with E-state index in [1.807, 2.05) is 43.3 Å². The van der Waals surface area contributed by atoms with E-state index >= 15 is 0 Å². The molecule has 0 aliphatic carbocycles. The van der Waals surface area contributed by atoms with Crippen LogP contribution in [0.5, 0.6) is 0 Å². The predicted octanol–water partition coefficient (Wildman–Crippen LogP) is 4.76. The van der Waals surface area contributed by atoms with Crippen LogP contribution in [0.4, 0.5) is 15.8 Å². The van der Waals surface area contributed by atoms with E-state index in [4.69, 9.17) is 5.73 Å². The zero-order valence-corrected chi connectivity index (χ0v) is 18.0. The zero-order chi connectivity index (χ0) is 22.7. The molecule has 5 nitrogen and oxygen atoms in total. The lowest BCUT2D eigenvalue weighted by atomic mass is 9.96. The Morgan fingerprint density at radius 1 is 0.938 bits per heavy atom. The highest BCUT2D eigenvalue weighted by molar-refractivity contribution is 6.04. The van der Waals surface area contributed by atoms with Crippen molar-refractivity contribution >= 4 is 23.2 Å². The molecule has 0 unspecified atom stereocenters. The van der Waals surface area contributed by atoms with Gasteiger partial charge in [0.05, 0.1) is 5.56 Å². The molecule has 32 heavy (non-hydrogen) atoms. The van der Waals surface area contributed by atoms with E-state index in [0.717, 1.165) is 48.3 Å². The molecule has 1 aliphatic heterocycles. The standard InChI is InChI=1S/C26H26FN3O2/c1-17-2-4-18(5-3-17)20-6-11-23(24(27)16-20)26(32)29-21-7-9-22(10-8-21)30-14-12-19(13-15-30)25(28)31/h2-11,16,19H,12-15H2,1H3,(H2,28,31)(H,29,32). The van der Waals surface area contributed by atoms with Crippen LogP contribution in [0, 0.1) is 18.7 Å². The first kappa shape index (κ1) is 21.6. The number of hydrogen-bond donors (Lipinski definition) is 2. The molecule has 0 atom stereocenters. The van der Waals surface area contributed by atoms with Gasteiger partial charge in [0.25, 0.3) is 5.91 Å². The molecule has 3 aromatic carbocycles. The largest absolute Gasteiger partial charge is 0.371 e. The predicted molar refractivity (Wildman–Crippen MR) is 125 cm³/mol. The number of nitrogens with two attached hydrogens (primary N) is 1. The molecule has 6 heteroatoms. The first-order chi connectivity index (χ1) is 15.4. The van der Waals surface area contributed by atoms with Crippen molar-refractivity contribution in [3.8, 4) is 11.1 Å². The lowest BCUT2D eigenvalue weighted by Gasteiger charge is -2.32. The summed E-state index contributed by atoms with van der Waals surface area (Å²) >= 11 is 0. The van der Waals surface area contributed by atoms with Gasteiger partial charge in [-0.05, 0) is 67.3 Å². The Morgan fingerprint density at radius 2 is 1.56 bits per heavy atom. The zero-order valence-electron chi connectivity index (χ0n) is 18.0. The molecule has 0 bridgehead atoms. The van der Waals surface area contributed by atoms with Crippen molar-refractivity contribution in [2.24, 2.45) is 11.7 Å². The molecule has 4 rings (SSSR count). The van der Waals surface area contributed by atoms with E-state index < -0.39 is 11.7 Å². The maximum Gasteiger partial charge on any atom is 0.258 e. The second-order valence-corrected chi connectivity index (χ2v) is 8.23. The average Bonchev–Trinajstić information content (AvgIpc) is 2.80. The van der Waals surface area contributed by atoms with Crippen molar-refractivity contribution in [1.82, 2.24) is 0 Å². The van der Waals surface area contributed by atoms with Gasteiger partial charge in [0.15, 0.2) is 0 Å². The number of hydrogen-bond acceptors (Lipinski definition) is 3. The van der Waals surface area contributed by atoms with E-state index in [2.05, 4.69) is 10.2 Å². The molecule has 1 fully saturated rings. The number of anilines is 2. The number of carbonyl (C=O) groups excluding carboxylic acids is 2. The molecule has 0 radical (unpaired) electrons. The normalized spacial score (nSPS) is 14.2. The van der Waals surface area contributed by atoms with Crippen molar-refractivity contribution in [2.45, 2.75) is 19.8 Å². The summed E-state index contributed by atoms with van der Waals surface area (Å²) in [5, 5.41) is 2.76. The minimum absolute atomic E-state index is 0.00142. The highest BCUT2D eigenvalue weighted by Gasteiger charge is 2.23. The topological polar surface area (TPSA) is 75.4 Å². The summed E-state index contributed by atoms with van der Waals surface area (Å²) in [4.78, 5) is 26.1. The van der Waals surface area contributed by atoms with Crippen molar-refractivity contribution in [2.75, 3.05) is 23.3 Å². The highest BCUT2D eigenvalue weighted by Crippen LogP contribution is 2.26. The van der Waals surface area contributed by atoms with Crippen LogP contribution in [-0.4, -0.2) is 24.9 Å². The lowest BCUT2D eigenvalue weighted by molar-refractivity contribution is -0.122. The summed E-state index contributed by atoms with van der Waals surface area (Å²) in [6.07, 6.45) is 1.48. The van der Waals surface area contributed by atoms with Gasteiger partial charge in [-0.3, -0.25) is 9.59 Å². The number of halogens is 1. The summed E-state index contributed by atoms with van der Waals surface area (Å²) in [5.74, 6) is -1.35. The number of nitrogens with zero attached hydrogens (tertiary/aromatic N) is 1. The van der Waals surface area contributed by atoms with Crippen LogP contribution in [0.15, 0.2) is 66.7 Å². The Labute approximate surface area is 187 Å². The summed E-state index contributed by atoms with van der Waals surface area (Å²) in [7, 11) is 0. The van der Waals surface area contributed by atoms with Gasteiger partial charge in [-0.15, -0.1) is 0 Å². The third-order valence-corrected chi connectivity index (χ3v) is 5.99. The second-order valence-electron chi connectivity index (χ2n) is 8.23. The molecule has 0 aromatic heterocycles. The third-order valence-electron chi connectivity index (χ3n) is 5.99. The molecule has 1 saturated heterocycles. The van der Waals surface area contributed by atoms with Gasteiger partial charge >= 0.3 is 0 Å². The van der Waals surface area contributed by atoms with Gasteiger partial charge in [0, 0.05) is 30.4 Å². The number of carbonyl (C=O) groups is 2. The van der Waals surface area contributed by atoms with E-state index in [1.54, 1.807) is 18.2 Å². The van der Waals surface area contributed by atoms with Gasteiger partial charge in [-0.1, -0.05) is 35.9 Å². The fraction of sp³-hybridized carbons (Fsp3) is 0.231. The fourth-order valence-corrected chi connectivity index (χ4v) is 4.00. The smallest absolute Gasteiger partial charge is 0.258 e. The molecule has 1 heterocycles. The van der Waals surface area contributed by atoms with Crippen LogP contribution in [-0.2, 0) is 4.79 Å². The number of benzene rings is 3. The van der Waals surface area contributed by atoms with E-state index in [0.29, 0.717) is 5.69 Å². The van der Waals surface area contributed by atoms with Crippen LogP contribution >= 0.6 is 0 Å². The minimum atomic E-state index is -0.561. The van der Waals surface area contributed by atoms with Crippen molar-refractivity contribution in [3.63, 3.8) is 0 Å². The Kier molecular flexibility index (Phi) is 6.21. The van der Waals surface area contributed by atoms with E-state index in [9.17, 15) is 14.0 Å². The highest BCUT2D eigenvalue weighted by atomic mass is 19.1. The molecule has 164 valence electrons. The molecule has 0 saturated carbocycles. The van der Waals surface area contributed by atoms with Crippen molar-refractivity contribution < 1.29 is 14.0 Å². The summed E-state index contributed by atoms with van der Waals surface area (Å²) < 4.78 is 14.7. The molecule has 2 amide bonds. The SMILES string of the molecule is Cc1ccc(-c2ccc(C(=O)Nc3ccc(N4CCC(C(N)=O)CC4)cc3)c(F)c2)cc1. The monoisotopic (exact) mass is 431 g/mol. The summed E-state index contributed by atoms with van der Waals surface area (Å²) in [5.41, 5.74) is 9.75. The summed E-state index contributed by atoms with van der Waals surface area (Å²) in [6.45, 7) is 3.52. The molecule has 3 N–H and O–H groups in total. The second kappa shape index (κ2) is 9.22. The van der Waals surface area contributed by atoms with Crippen molar-refractivity contribution in [1.29, 1.82) is 0 Å². The molecule has 0 spiro atoms. The van der Waals surface area contributed by atoms with Gasteiger partial charge in [0.2, 0.25) is 5.91 Å². The number of primary amides is 1. The molecular weight excluding hydrogens is 405 g/mol. The van der Waals surface area contributed by atoms with Crippen LogP contribution in [0.3, 0.4) is 0 Å². The Morgan fingerprint density at radius 3 is 2.16 bits per heavy atom. The Balaban J connectivity index is 1.40. The van der Waals surface area contributed by atoms with E-state index in [1.165, 1.54) is 12.1 Å². The number of aryl methyl sites for hydroxylation is 1. The first-order valence-corrected chi connectivity index (χ1v) is 10.7. The first-order valence-electron chi connectivity index (χ1n) is 10.7. The maximum absolute atomic E-state index is 14.7. The maximum atomic E-state index is 14.7. The molecule has 1 aliphatic rings. The quantitative estimate of drug-likeness (QED) is 0.612. The number of piperidine rings is 1. The molecule has 3 aromatic rings. The van der Waals surface area contributed by atoms with Gasteiger partial charge in [-0.2, -0.15) is 0 Å². The van der Waals surface area contributed by atoms with Crippen LogP contribution in [0.2, 0.25) is 0 Å². The van der Waals surface area contributed by atoms with Gasteiger partial charge < -0.3 is 16.0 Å². The minimum Gasteiger partial charge on any atom is -0.371 e. The van der Waals surface area contributed by atoms with Crippen LogP contribution in [0.25, 0.3) is 11.1 Å². The van der Waals surface area contributed by atoms with Gasteiger partial charge in [0.1, 0.15) is 5.82 Å². The molecular formula is C26H26FN3O2.